The highest BCUT2D eigenvalue weighted by Gasteiger charge is 2.07. The first-order chi connectivity index (χ1) is 6.29. The lowest BCUT2D eigenvalue weighted by atomic mass is 10.1. The quantitative estimate of drug-likeness (QED) is 0.458. The molecule has 0 fully saturated rings. The minimum Gasteiger partial charge on any atom is -0.286 e. The molecule has 0 aliphatic rings. The lowest BCUT2D eigenvalue weighted by Crippen LogP contribution is -2.46. The van der Waals surface area contributed by atoms with Gasteiger partial charge in [-0.2, -0.15) is 0 Å². The molecule has 4 N–H and O–H groups in total. The number of fused-ring (bicyclic) bond motifs is 1. The number of aromatic nitrogens is 1. The fourth-order valence-corrected chi connectivity index (χ4v) is 1.35. The van der Waals surface area contributed by atoms with Gasteiger partial charge in [-0.1, -0.05) is 24.3 Å². The van der Waals surface area contributed by atoms with Gasteiger partial charge in [0.05, 0.1) is 0 Å². The summed E-state index contributed by atoms with van der Waals surface area (Å²) in [5.41, 5.74) is 6.18. The van der Waals surface area contributed by atoms with Crippen LogP contribution in [-0.4, -0.2) is 10.8 Å². The van der Waals surface area contributed by atoms with Crippen LogP contribution in [0.4, 0.5) is 0 Å². The molecule has 3 nitrogen and oxygen atoms in total. The zero-order valence-electron chi connectivity index (χ0n) is 7.07. The molecule has 0 radical (unpaired) electrons. The van der Waals surface area contributed by atoms with E-state index in [0.717, 1.165) is 10.8 Å². The van der Waals surface area contributed by atoms with E-state index in [1.54, 1.807) is 6.20 Å². The molecule has 2 rings (SSSR count). The average Bonchev–Trinajstić information content (AvgIpc) is 2.17. The molecule has 1 aromatic heterocycles. The molecule has 0 saturated heterocycles. The summed E-state index contributed by atoms with van der Waals surface area (Å²) in [6.45, 7) is 0. The van der Waals surface area contributed by atoms with Gasteiger partial charge < -0.3 is 0 Å². The number of nitrogens with zero attached hydrogens (tertiary/aromatic N) is 1. The first kappa shape index (κ1) is 7.73. The minimum atomic E-state index is 0.261. The van der Waals surface area contributed by atoms with Crippen LogP contribution in [-0.2, 0) is 0 Å². The molecule has 2 aromatic rings. The van der Waals surface area contributed by atoms with Gasteiger partial charge in [0.1, 0.15) is 0 Å². The Kier molecular flexibility index (Phi) is 1.70. The number of amidine groups is 1. The van der Waals surface area contributed by atoms with E-state index < -0.39 is 0 Å². The molecule has 1 aromatic carbocycles. The van der Waals surface area contributed by atoms with Gasteiger partial charge in [0.15, 0.2) is 5.69 Å². The van der Waals surface area contributed by atoms with Crippen molar-refractivity contribution in [2.24, 2.45) is 5.73 Å². The molecule has 0 amide bonds. The molecule has 0 bridgehead atoms. The summed E-state index contributed by atoms with van der Waals surface area (Å²) in [7, 11) is 0. The number of hydrogen-bond acceptors (Lipinski definition) is 1. The second-order valence-electron chi connectivity index (χ2n) is 2.84. The molecular weight excluding hydrogens is 162 g/mol. The summed E-state index contributed by atoms with van der Waals surface area (Å²) < 4.78 is 0. The Balaban J connectivity index is 2.83. The lowest BCUT2D eigenvalue weighted by molar-refractivity contribution is -0.114. The van der Waals surface area contributed by atoms with Crippen LogP contribution >= 0.6 is 0 Å². The van der Waals surface area contributed by atoms with Gasteiger partial charge in [-0.3, -0.25) is 11.1 Å². The monoisotopic (exact) mass is 172 g/mol. The standard InChI is InChI=1S/C10H9N3/c11-10(12)9-8-4-2-1-3-7(8)5-6-13-9/h1-6H,(H3,11,12)/p+1. The Labute approximate surface area is 75.7 Å². The number of hydrogen-bond donors (Lipinski definition) is 2. The van der Waals surface area contributed by atoms with Crippen LogP contribution in [0.25, 0.3) is 10.8 Å². The van der Waals surface area contributed by atoms with E-state index in [2.05, 4.69) is 4.98 Å². The van der Waals surface area contributed by atoms with Crippen molar-refractivity contribution < 1.29 is 5.41 Å². The van der Waals surface area contributed by atoms with Crippen LogP contribution in [0.15, 0.2) is 36.5 Å². The van der Waals surface area contributed by atoms with E-state index in [1.165, 1.54) is 0 Å². The molecule has 0 atom stereocenters. The van der Waals surface area contributed by atoms with Crippen molar-refractivity contribution in [3.05, 3.63) is 42.2 Å². The van der Waals surface area contributed by atoms with E-state index in [0.29, 0.717) is 5.69 Å². The highest BCUT2D eigenvalue weighted by molar-refractivity contribution is 6.04. The maximum Gasteiger partial charge on any atom is 0.290 e. The zero-order valence-corrected chi connectivity index (χ0v) is 7.07. The maximum absolute atomic E-state index is 5.51. The Morgan fingerprint density at radius 2 is 2.00 bits per heavy atom. The van der Waals surface area contributed by atoms with Crippen LogP contribution in [0.3, 0.4) is 0 Å². The zero-order chi connectivity index (χ0) is 9.26. The Morgan fingerprint density at radius 3 is 2.77 bits per heavy atom. The SMILES string of the molecule is NC(=[NH2+])c1nccc2ccccc12. The summed E-state index contributed by atoms with van der Waals surface area (Å²) in [4.78, 5) is 4.12. The molecule has 1 heterocycles. The third-order valence-electron chi connectivity index (χ3n) is 1.95. The lowest BCUT2D eigenvalue weighted by Gasteiger charge is -1.99. The normalized spacial score (nSPS) is 10.2. The number of rotatable bonds is 1. The topological polar surface area (TPSA) is 64.5 Å². The molecule has 3 heteroatoms. The van der Waals surface area contributed by atoms with Crippen molar-refractivity contribution in [2.75, 3.05) is 0 Å². The molecule has 0 aliphatic heterocycles. The van der Waals surface area contributed by atoms with Crippen LogP contribution in [0, 0.1) is 0 Å². The third-order valence-corrected chi connectivity index (χ3v) is 1.95. The predicted octanol–water partition coefficient (Wildman–Crippen LogP) is -0.301. The largest absolute Gasteiger partial charge is 0.290 e. The molecular formula is C10H10N3+. The van der Waals surface area contributed by atoms with Gasteiger partial charge in [0, 0.05) is 11.6 Å². The first-order valence-corrected chi connectivity index (χ1v) is 4.01. The predicted molar refractivity (Wildman–Crippen MR) is 52.0 cm³/mol. The van der Waals surface area contributed by atoms with Crippen molar-refractivity contribution in [1.29, 1.82) is 0 Å². The fourth-order valence-electron chi connectivity index (χ4n) is 1.35. The van der Waals surface area contributed by atoms with Crippen LogP contribution < -0.4 is 11.1 Å². The Bertz CT molecular complexity index is 457. The Morgan fingerprint density at radius 1 is 1.23 bits per heavy atom. The van der Waals surface area contributed by atoms with E-state index in [1.807, 2.05) is 30.3 Å². The van der Waals surface area contributed by atoms with Crippen molar-refractivity contribution >= 4 is 16.6 Å². The minimum absolute atomic E-state index is 0.261. The van der Waals surface area contributed by atoms with Crippen LogP contribution in [0.2, 0.25) is 0 Å². The summed E-state index contributed by atoms with van der Waals surface area (Å²) in [5.74, 6) is 0.261. The molecule has 13 heavy (non-hydrogen) atoms. The van der Waals surface area contributed by atoms with Gasteiger partial charge in [-0.05, 0) is 11.5 Å². The highest BCUT2D eigenvalue weighted by Crippen LogP contribution is 2.14. The number of nitrogens with two attached hydrogens (primary N) is 2. The second kappa shape index (κ2) is 2.86. The van der Waals surface area contributed by atoms with Gasteiger partial charge in [0.2, 0.25) is 0 Å². The number of benzene rings is 1. The summed E-state index contributed by atoms with van der Waals surface area (Å²) >= 11 is 0. The molecule has 0 saturated carbocycles. The molecule has 0 aliphatic carbocycles. The molecule has 64 valence electrons. The van der Waals surface area contributed by atoms with Gasteiger partial charge in [-0.25, -0.2) is 4.98 Å². The maximum atomic E-state index is 5.51. The van der Waals surface area contributed by atoms with Crippen molar-refractivity contribution in [2.45, 2.75) is 0 Å². The van der Waals surface area contributed by atoms with Crippen molar-refractivity contribution in [3.8, 4) is 0 Å². The number of pyridine rings is 1. The van der Waals surface area contributed by atoms with E-state index in [-0.39, 0.29) is 5.84 Å². The van der Waals surface area contributed by atoms with E-state index in [9.17, 15) is 0 Å². The fraction of sp³-hybridized carbons (Fsp3) is 0. The smallest absolute Gasteiger partial charge is 0.286 e. The highest BCUT2D eigenvalue weighted by atomic mass is 14.8. The molecule has 0 unspecified atom stereocenters. The van der Waals surface area contributed by atoms with Crippen molar-refractivity contribution in [1.82, 2.24) is 4.98 Å². The van der Waals surface area contributed by atoms with Gasteiger partial charge >= 0.3 is 0 Å². The van der Waals surface area contributed by atoms with Gasteiger partial charge in [-0.15, -0.1) is 0 Å². The summed E-state index contributed by atoms with van der Waals surface area (Å²) in [5, 5.41) is 7.60. The summed E-state index contributed by atoms with van der Waals surface area (Å²) in [6, 6.07) is 9.80. The average molecular weight is 172 g/mol. The first-order valence-electron chi connectivity index (χ1n) is 4.01. The Hall–Kier alpha value is -1.90. The summed E-state index contributed by atoms with van der Waals surface area (Å²) in [6.07, 6.45) is 1.71. The van der Waals surface area contributed by atoms with Crippen LogP contribution in [0.1, 0.15) is 5.69 Å². The van der Waals surface area contributed by atoms with Gasteiger partial charge in [0.25, 0.3) is 5.84 Å². The van der Waals surface area contributed by atoms with E-state index >= 15 is 0 Å². The van der Waals surface area contributed by atoms with E-state index in [4.69, 9.17) is 11.1 Å². The third kappa shape index (κ3) is 1.24. The van der Waals surface area contributed by atoms with Crippen LogP contribution in [0.5, 0.6) is 0 Å². The van der Waals surface area contributed by atoms with Crippen molar-refractivity contribution in [3.63, 3.8) is 0 Å². The second-order valence-corrected chi connectivity index (χ2v) is 2.84. The molecule has 0 spiro atoms.